The lowest BCUT2D eigenvalue weighted by Crippen LogP contribution is -2.42. The van der Waals surface area contributed by atoms with Crippen molar-refractivity contribution in [3.05, 3.63) is 81.8 Å². The number of hydrogen-bond donors (Lipinski definition) is 1. The number of hydrogen-bond acceptors (Lipinski definition) is 6. The smallest absolute Gasteiger partial charge is 0.406 e. The van der Waals surface area contributed by atoms with Gasteiger partial charge in [0.25, 0.3) is 5.56 Å². The van der Waals surface area contributed by atoms with Gasteiger partial charge in [0.15, 0.2) is 5.16 Å². The van der Waals surface area contributed by atoms with E-state index in [1.165, 1.54) is 18.6 Å². The van der Waals surface area contributed by atoms with Crippen molar-refractivity contribution in [3.8, 4) is 11.4 Å². The number of carbonyl (C=O) groups is 1. The maximum absolute atomic E-state index is 13.7. The molecular weight excluding hydrogens is 529 g/mol. The molecule has 1 aromatic heterocycles. The van der Waals surface area contributed by atoms with Crippen LogP contribution in [0.1, 0.15) is 42.5 Å². The molecule has 0 bridgehead atoms. The van der Waals surface area contributed by atoms with Crippen molar-refractivity contribution in [2.75, 3.05) is 13.1 Å². The Morgan fingerprint density at radius 2 is 1.85 bits per heavy atom. The van der Waals surface area contributed by atoms with Crippen molar-refractivity contribution in [3.63, 3.8) is 0 Å². The molecular formula is C28H29F3N4O3S. The number of halogens is 3. The van der Waals surface area contributed by atoms with Crippen molar-refractivity contribution in [2.24, 2.45) is 0 Å². The van der Waals surface area contributed by atoms with E-state index < -0.39 is 6.36 Å². The molecule has 2 aliphatic rings. The monoisotopic (exact) mass is 558 g/mol. The molecule has 0 unspecified atom stereocenters. The summed E-state index contributed by atoms with van der Waals surface area (Å²) in [6.07, 6.45) is -0.504. The Bertz CT molecular complexity index is 1360. The molecule has 3 aromatic rings. The predicted octanol–water partition coefficient (Wildman–Crippen LogP) is 4.84. The third kappa shape index (κ3) is 6.83. The summed E-state index contributed by atoms with van der Waals surface area (Å²) in [5.74, 6) is -0.345. The number of benzene rings is 2. The van der Waals surface area contributed by atoms with Crippen LogP contribution >= 0.6 is 11.8 Å². The molecule has 39 heavy (non-hydrogen) atoms. The number of ether oxygens (including phenoxy) is 1. The van der Waals surface area contributed by atoms with E-state index in [9.17, 15) is 22.8 Å². The molecule has 1 aliphatic heterocycles. The fourth-order valence-electron chi connectivity index (χ4n) is 4.58. The molecule has 1 aliphatic carbocycles. The molecule has 1 fully saturated rings. The minimum Gasteiger partial charge on any atom is -0.406 e. The van der Waals surface area contributed by atoms with E-state index >= 15 is 0 Å². The molecule has 7 nitrogen and oxygen atoms in total. The van der Waals surface area contributed by atoms with Crippen LogP contribution in [0.3, 0.4) is 0 Å². The van der Waals surface area contributed by atoms with Gasteiger partial charge in [-0.2, -0.15) is 0 Å². The third-order valence-electron chi connectivity index (χ3n) is 6.89. The van der Waals surface area contributed by atoms with Gasteiger partial charge in [-0.05, 0) is 42.7 Å². The molecule has 1 saturated carbocycles. The van der Waals surface area contributed by atoms with Gasteiger partial charge in [-0.3, -0.25) is 14.2 Å². The largest absolute Gasteiger partial charge is 0.573 e. The highest BCUT2D eigenvalue weighted by atomic mass is 32.2. The lowest BCUT2D eigenvalue weighted by Gasteiger charge is -2.30. The molecule has 0 saturated heterocycles. The number of rotatable bonds is 9. The SMILES string of the molecule is O=C(CCNCc1ccc(OC(F)(F)F)cc1)N1CCc2nc(SC3CCC3)n(-c3ccccc3)c(=O)c2C1. The summed E-state index contributed by atoms with van der Waals surface area (Å²) in [6.45, 7) is 1.52. The summed E-state index contributed by atoms with van der Waals surface area (Å²) in [7, 11) is 0. The normalized spacial score (nSPS) is 15.5. The van der Waals surface area contributed by atoms with Gasteiger partial charge in [0.1, 0.15) is 5.75 Å². The van der Waals surface area contributed by atoms with Crippen LogP contribution in [0.15, 0.2) is 64.5 Å². The van der Waals surface area contributed by atoms with Gasteiger partial charge in [0.05, 0.1) is 23.5 Å². The second kappa shape index (κ2) is 11.8. The lowest BCUT2D eigenvalue weighted by molar-refractivity contribution is -0.274. The summed E-state index contributed by atoms with van der Waals surface area (Å²) in [5.41, 5.74) is 2.75. The number of carbonyl (C=O) groups excluding carboxylic acids is 1. The van der Waals surface area contributed by atoms with Crippen LogP contribution in [0.2, 0.25) is 0 Å². The zero-order chi connectivity index (χ0) is 27.4. The number of alkyl halides is 3. The first-order valence-corrected chi connectivity index (χ1v) is 13.8. The summed E-state index contributed by atoms with van der Waals surface area (Å²) in [4.78, 5) is 33.3. The van der Waals surface area contributed by atoms with Gasteiger partial charge in [0.2, 0.25) is 5.91 Å². The third-order valence-corrected chi connectivity index (χ3v) is 8.18. The molecule has 11 heteroatoms. The Labute approximate surface area is 228 Å². The number of para-hydroxylation sites is 1. The minimum absolute atomic E-state index is 0.0688. The summed E-state index contributed by atoms with van der Waals surface area (Å²) < 4.78 is 42.5. The molecule has 0 spiro atoms. The zero-order valence-corrected chi connectivity index (χ0v) is 22.1. The fourth-order valence-corrected chi connectivity index (χ4v) is 5.91. The minimum atomic E-state index is -4.73. The highest BCUT2D eigenvalue weighted by molar-refractivity contribution is 7.99. The van der Waals surface area contributed by atoms with Crippen molar-refractivity contribution in [1.29, 1.82) is 0 Å². The molecule has 0 atom stereocenters. The zero-order valence-electron chi connectivity index (χ0n) is 21.2. The van der Waals surface area contributed by atoms with Gasteiger partial charge in [-0.1, -0.05) is 48.5 Å². The average molecular weight is 559 g/mol. The maximum atomic E-state index is 13.7. The highest BCUT2D eigenvalue weighted by Crippen LogP contribution is 2.36. The number of aromatic nitrogens is 2. The molecule has 5 rings (SSSR count). The Hall–Kier alpha value is -3.31. The van der Waals surface area contributed by atoms with Gasteiger partial charge in [0, 0.05) is 37.7 Å². The first-order chi connectivity index (χ1) is 18.8. The molecule has 206 valence electrons. The summed E-state index contributed by atoms with van der Waals surface area (Å²) in [5, 5.41) is 4.34. The van der Waals surface area contributed by atoms with Crippen LogP contribution in [0.5, 0.6) is 5.75 Å². The van der Waals surface area contributed by atoms with Gasteiger partial charge in [-0.15, -0.1) is 13.2 Å². The van der Waals surface area contributed by atoms with Crippen molar-refractivity contribution >= 4 is 17.7 Å². The van der Waals surface area contributed by atoms with E-state index in [0.29, 0.717) is 36.9 Å². The first kappa shape index (κ1) is 27.3. The Morgan fingerprint density at radius 3 is 2.51 bits per heavy atom. The van der Waals surface area contributed by atoms with Gasteiger partial charge in [-0.25, -0.2) is 4.98 Å². The van der Waals surface area contributed by atoms with Crippen LogP contribution < -0.4 is 15.6 Å². The average Bonchev–Trinajstić information content (AvgIpc) is 2.89. The number of fused-ring (bicyclic) bond motifs is 1. The van der Waals surface area contributed by atoms with E-state index in [-0.39, 0.29) is 30.2 Å². The van der Waals surface area contributed by atoms with E-state index in [0.717, 1.165) is 34.9 Å². The second-order valence-electron chi connectivity index (χ2n) is 9.65. The Morgan fingerprint density at radius 1 is 1.10 bits per heavy atom. The van der Waals surface area contributed by atoms with Gasteiger partial charge >= 0.3 is 6.36 Å². The summed E-state index contributed by atoms with van der Waals surface area (Å²) in [6, 6.07) is 15.1. The van der Waals surface area contributed by atoms with E-state index in [4.69, 9.17) is 4.98 Å². The highest BCUT2D eigenvalue weighted by Gasteiger charge is 2.31. The summed E-state index contributed by atoms with van der Waals surface area (Å²) >= 11 is 1.67. The molecule has 1 amide bonds. The van der Waals surface area contributed by atoms with Crippen LogP contribution in [-0.2, 0) is 24.3 Å². The van der Waals surface area contributed by atoms with E-state index in [1.807, 2.05) is 30.3 Å². The Balaban J connectivity index is 1.20. The van der Waals surface area contributed by atoms with Gasteiger partial charge < -0.3 is 15.0 Å². The second-order valence-corrected chi connectivity index (χ2v) is 10.9. The number of nitrogens with one attached hydrogen (secondary N) is 1. The molecule has 2 heterocycles. The predicted molar refractivity (Wildman–Crippen MR) is 142 cm³/mol. The van der Waals surface area contributed by atoms with Crippen LogP contribution in [-0.4, -0.2) is 45.1 Å². The molecule has 2 aromatic carbocycles. The van der Waals surface area contributed by atoms with Crippen molar-refractivity contribution in [2.45, 2.75) is 62.0 Å². The quantitative estimate of drug-likeness (QED) is 0.299. The maximum Gasteiger partial charge on any atom is 0.573 e. The topological polar surface area (TPSA) is 76.5 Å². The number of amides is 1. The van der Waals surface area contributed by atoms with Crippen molar-refractivity contribution < 1.29 is 22.7 Å². The number of thioether (sulfide) groups is 1. The number of nitrogens with zero attached hydrogens (tertiary/aromatic N) is 3. The molecule has 0 radical (unpaired) electrons. The van der Waals surface area contributed by atoms with Crippen LogP contribution in [0.4, 0.5) is 13.2 Å². The van der Waals surface area contributed by atoms with Crippen LogP contribution in [0.25, 0.3) is 5.69 Å². The fraction of sp³-hybridized carbons (Fsp3) is 0.393. The lowest BCUT2D eigenvalue weighted by atomic mass is 10.0. The van der Waals surface area contributed by atoms with E-state index in [2.05, 4.69) is 10.1 Å². The van der Waals surface area contributed by atoms with E-state index in [1.54, 1.807) is 33.4 Å². The first-order valence-electron chi connectivity index (χ1n) is 13.0. The van der Waals surface area contributed by atoms with Crippen LogP contribution in [0, 0.1) is 0 Å². The molecule has 1 N–H and O–H groups in total. The standard InChI is InChI=1S/C28H29F3N4O3S/c29-28(30,31)38-21-11-9-19(10-12-21)17-32-15-13-25(36)34-16-14-24-23(18-34)26(37)35(20-5-2-1-3-6-20)27(33-24)39-22-7-4-8-22/h1-3,5-6,9-12,22,32H,4,7-8,13-18H2. The van der Waals surface area contributed by atoms with Crippen molar-refractivity contribution in [1.82, 2.24) is 19.8 Å². The Kier molecular flexibility index (Phi) is 8.27.